The number of H-pyrrole nitrogens is 1. The van der Waals surface area contributed by atoms with E-state index in [9.17, 15) is 9.59 Å². The van der Waals surface area contributed by atoms with Gasteiger partial charge in [0.05, 0.1) is 39.3 Å². The van der Waals surface area contributed by atoms with E-state index in [1.54, 1.807) is 51.7 Å². The maximum absolute atomic E-state index is 12.6. The second kappa shape index (κ2) is 10.6. The monoisotopic (exact) mass is 475 g/mol. The van der Waals surface area contributed by atoms with Gasteiger partial charge >= 0.3 is 0 Å². The Morgan fingerprint density at radius 1 is 0.914 bits per heavy atom. The summed E-state index contributed by atoms with van der Waals surface area (Å²) in [5.74, 6) is 1.62. The molecule has 4 rings (SSSR count). The van der Waals surface area contributed by atoms with Crippen molar-refractivity contribution in [2.24, 2.45) is 0 Å². The number of hydrogen-bond donors (Lipinski definition) is 2. The van der Waals surface area contributed by atoms with Crippen LogP contribution in [0.15, 0.2) is 65.5 Å². The molecule has 2 heterocycles. The molecule has 1 amide bonds. The number of methoxy groups -OCH3 is 3. The first kappa shape index (κ1) is 23.6. The lowest BCUT2D eigenvalue weighted by Crippen LogP contribution is -2.32. The van der Waals surface area contributed by atoms with Crippen LogP contribution < -0.4 is 25.1 Å². The standard InChI is InChI=1S/C25H25N5O5/c1-33-17-6-4-16(5-7-17)20-9-11-24(31)30(29-20)13-12-26-25(32)22-15-21(27-28-22)19-14-18(34-2)8-10-23(19)35-3/h4-11,14-15H,12-13H2,1-3H3,(H,26,32)(H,27,28). The third kappa shape index (κ3) is 5.32. The summed E-state index contributed by atoms with van der Waals surface area (Å²) in [4.78, 5) is 24.9. The van der Waals surface area contributed by atoms with E-state index in [0.717, 1.165) is 11.3 Å². The second-order valence-electron chi connectivity index (χ2n) is 7.50. The van der Waals surface area contributed by atoms with Gasteiger partial charge in [-0.1, -0.05) is 0 Å². The van der Waals surface area contributed by atoms with Crippen molar-refractivity contribution >= 4 is 5.91 Å². The van der Waals surface area contributed by atoms with Gasteiger partial charge in [0, 0.05) is 23.7 Å². The van der Waals surface area contributed by atoms with Crippen LogP contribution in [0.2, 0.25) is 0 Å². The van der Waals surface area contributed by atoms with E-state index in [1.807, 2.05) is 24.3 Å². The Bertz CT molecular complexity index is 1380. The van der Waals surface area contributed by atoms with Crippen LogP contribution in [0.5, 0.6) is 17.2 Å². The Balaban J connectivity index is 1.42. The van der Waals surface area contributed by atoms with E-state index in [2.05, 4.69) is 20.6 Å². The molecule has 0 saturated heterocycles. The van der Waals surface area contributed by atoms with Gasteiger partial charge in [-0.3, -0.25) is 14.7 Å². The predicted molar refractivity (Wildman–Crippen MR) is 130 cm³/mol. The van der Waals surface area contributed by atoms with Crippen LogP contribution in [-0.4, -0.2) is 53.8 Å². The van der Waals surface area contributed by atoms with Gasteiger partial charge in [-0.2, -0.15) is 10.2 Å². The predicted octanol–water partition coefficient (Wildman–Crippen LogP) is 2.76. The van der Waals surface area contributed by atoms with Gasteiger partial charge in [-0.05, 0) is 54.6 Å². The van der Waals surface area contributed by atoms with Crippen molar-refractivity contribution < 1.29 is 19.0 Å². The van der Waals surface area contributed by atoms with Gasteiger partial charge in [0.15, 0.2) is 0 Å². The molecule has 10 heteroatoms. The molecule has 10 nitrogen and oxygen atoms in total. The summed E-state index contributed by atoms with van der Waals surface area (Å²) in [5, 5.41) is 14.2. The number of carbonyl (C=O) groups excluding carboxylic acids is 1. The molecule has 0 bridgehead atoms. The van der Waals surface area contributed by atoms with Crippen LogP contribution >= 0.6 is 0 Å². The highest BCUT2D eigenvalue weighted by Crippen LogP contribution is 2.32. The summed E-state index contributed by atoms with van der Waals surface area (Å²) in [6.07, 6.45) is 0. The molecule has 2 aromatic carbocycles. The molecule has 0 aliphatic carbocycles. The third-order valence-electron chi connectivity index (χ3n) is 5.37. The van der Waals surface area contributed by atoms with Crippen molar-refractivity contribution in [3.05, 3.63) is 76.7 Å². The molecule has 0 unspecified atom stereocenters. The zero-order chi connectivity index (χ0) is 24.8. The van der Waals surface area contributed by atoms with Gasteiger partial charge in [-0.15, -0.1) is 0 Å². The summed E-state index contributed by atoms with van der Waals surface area (Å²) < 4.78 is 17.2. The first-order valence-electron chi connectivity index (χ1n) is 10.8. The Morgan fingerprint density at radius 2 is 1.66 bits per heavy atom. The Morgan fingerprint density at radius 3 is 2.37 bits per heavy atom. The topological polar surface area (TPSA) is 120 Å². The SMILES string of the molecule is COc1ccc(-c2ccc(=O)n(CCNC(=O)c3cc(-c4cc(OC)ccc4OC)n[nH]3)n2)cc1. The number of aromatic amines is 1. The van der Waals surface area contributed by atoms with Crippen molar-refractivity contribution in [2.75, 3.05) is 27.9 Å². The normalized spacial score (nSPS) is 10.6. The molecule has 0 fully saturated rings. The fraction of sp³-hybridized carbons (Fsp3) is 0.200. The summed E-state index contributed by atoms with van der Waals surface area (Å²) in [6, 6.07) is 17.5. The third-order valence-corrected chi connectivity index (χ3v) is 5.37. The average molecular weight is 476 g/mol. The Labute approximate surface area is 201 Å². The van der Waals surface area contributed by atoms with Crippen molar-refractivity contribution in [1.29, 1.82) is 0 Å². The number of nitrogens with zero attached hydrogens (tertiary/aromatic N) is 3. The smallest absolute Gasteiger partial charge is 0.269 e. The molecule has 2 aromatic heterocycles. The van der Waals surface area contributed by atoms with Crippen LogP contribution in [0.25, 0.3) is 22.5 Å². The molecular weight excluding hydrogens is 450 g/mol. The number of rotatable bonds is 9. The van der Waals surface area contributed by atoms with E-state index in [-0.39, 0.29) is 30.2 Å². The molecule has 0 saturated carbocycles. The maximum atomic E-state index is 12.6. The van der Waals surface area contributed by atoms with E-state index in [4.69, 9.17) is 14.2 Å². The molecule has 180 valence electrons. The fourth-order valence-corrected chi connectivity index (χ4v) is 3.49. The molecule has 0 radical (unpaired) electrons. The highest BCUT2D eigenvalue weighted by Gasteiger charge is 2.15. The van der Waals surface area contributed by atoms with Gasteiger partial charge in [0.1, 0.15) is 22.9 Å². The van der Waals surface area contributed by atoms with E-state index < -0.39 is 0 Å². The molecule has 0 aliphatic heterocycles. The van der Waals surface area contributed by atoms with Crippen LogP contribution in [0.1, 0.15) is 10.5 Å². The minimum Gasteiger partial charge on any atom is -0.497 e. The summed E-state index contributed by atoms with van der Waals surface area (Å²) >= 11 is 0. The second-order valence-corrected chi connectivity index (χ2v) is 7.50. The number of carbonyl (C=O) groups is 1. The lowest BCUT2D eigenvalue weighted by atomic mass is 10.1. The quantitative estimate of drug-likeness (QED) is 0.382. The van der Waals surface area contributed by atoms with Crippen molar-refractivity contribution in [1.82, 2.24) is 25.3 Å². The minimum atomic E-state index is -0.357. The first-order valence-corrected chi connectivity index (χ1v) is 10.8. The number of benzene rings is 2. The molecule has 35 heavy (non-hydrogen) atoms. The van der Waals surface area contributed by atoms with Crippen LogP contribution in [0.3, 0.4) is 0 Å². The fourth-order valence-electron chi connectivity index (χ4n) is 3.49. The number of nitrogens with one attached hydrogen (secondary N) is 2. The van der Waals surface area contributed by atoms with Gasteiger partial charge in [-0.25, -0.2) is 4.68 Å². The zero-order valence-corrected chi connectivity index (χ0v) is 19.6. The summed E-state index contributed by atoms with van der Waals surface area (Å²) in [5.41, 5.74) is 2.73. The number of hydrogen-bond acceptors (Lipinski definition) is 7. The lowest BCUT2D eigenvalue weighted by Gasteiger charge is -2.09. The molecule has 0 aliphatic rings. The zero-order valence-electron chi connectivity index (χ0n) is 19.6. The van der Waals surface area contributed by atoms with Gasteiger partial charge < -0.3 is 19.5 Å². The first-order chi connectivity index (χ1) is 17.0. The van der Waals surface area contributed by atoms with E-state index >= 15 is 0 Å². The van der Waals surface area contributed by atoms with Gasteiger partial charge in [0.25, 0.3) is 11.5 Å². The Kier molecular flexibility index (Phi) is 7.10. The van der Waals surface area contributed by atoms with Crippen molar-refractivity contribution in [3.8, 4) is 39.8 Å². The highest BCUT2D eigenvalue weighted by molar-refractivity contribution is 5.93. The summed E-state index contributed by atoms with van der Waals surface area (Å²) in [6.45, 7) is 0.411. The molecule has 2 N–H and O–H groups in total. The lowest BCUT2D eigenvalue weighted by molar-refractivity contribution is 0.0946. The maximum Gasteiger partial charge on any atom is 0.269 e. The summed E-state index contributed by atoms with van der Waals surface area (Å²) in [7, 11) is 4.73. The van der Waals surface area contributed by atoms with Crippen molar-refractivity contribution in [2.45, 2.75) is 6.54 Å². The molecular formula is C25H25N5O5. The van der Waals surface area contributed by atoms with Crippen LogP contribution in [0, 0.1) is 0 Å². The molecule has 4 aromatic rings. The van der Waals surface area contributed by atoms with Crippen molar-refractivity contribution in [3.63, 3.8) is 0 Å². The minimum absolute atomic E-state index is 0.203. The molecule has 0 spiro atoms. The average Bonchev–Trinajstić information content (AvgIpc) is 3.40. The largest absolute Gasteiger partial charge is 0.497 e. The van der Waals surface area contributed by atoms with Gasteiger partial charge in [0.2, 0.25) is 0 Å². The van der Waals surface area contributed by atoms with E-state index in [1.165, 1.54) is 10.7 Å². The Hall–Kier alpha value is -4.60. The van der Waals surface area contributed by atoms with Crippen LogP contribution in [-0.2, 0) is 6.54 Å². The number of ether oxygens (including phenoxy) is 3. The number of amides is 1. The number of aromatic nitrogens is 4. The van der Waals surface area contributed by atoms with E-state index in [0.29, 0.717) is 28.5 Å². The van der Waals surface area contributed by atoms with Crippen LogP contribution in [0.4, 0.5) is 0 Å². The highest BCUT2D eigenvalue weighted by atomic mass is 16.5. The molecule has 0 atom stereocenters.